The van der Waals surface area contributed by atoms with Crippen molar-refractivity contribution in [2.24, 2.45) is 5.41 Å². The van der Waals surface area contributed by atoms with E-state index in [9.17, 15) is 19.8 Å². The number of nitrogens with zero attached hydrogens (tertiary/aromatic N) is 1. The number of aliphatic hydroxyl groups excluding tert-OH is 1. The lowest BCUT2D eigenvalue weighted by atomic mass is 9.64. The van der Waals surface area contributed by atoms with Crippen molar-refractivity contribution in [2.75, 3.05) is 39.2 Å². The molecule has 3 aliphatic carbocycles. The summed E-state index contributed by atoms with van der Waals surface area (Å²) in [4.78, 5) is 30.9. The largest absolute Gasteiger partial charge is 0.497 e. The van der Waals surface area contributed by atoms with Crippen molar-refractivity contribution in [3.63, 3.8) is 0 Å². The van der Waals surface area contributed by atoms with Crippen molar-refractivity contribution >= 4 is 38.9 Å². The summed E-state index contributed by atoms with van der Waals surface area (Å²) in [5.41, 5.74) is 2.41. The fraction of sp³-hybridized carbons (Fsp3) is 0.442. The van der Waals surface area contributed by atoms with Gasteiger partial charge in [-0.3, -0.25) is 4.79 Å². The Morgan fingerprint density at radius 1 is 1.02 bits per heavy atom. The Bertz CT molecular complexity index is 1870. The molecular formula is C43H52N2O6S. The van der Waals surface area contributed by atoms with Gasteiger partial charge in [0.2, 0.25) is 5.78 Å². The monoisotopic (exact) mass is 724 g/mol. The zero-order valence-corrected chi connectivity index (χ0v) is 31.6. The summed E-state index contributed by atoms with van der Waals surface area (Å²) in [6, 6.07) is 23.0. The normalized spacial score (nSPS) is 23.5. The second-order valence-corrected chi connectivity index (χ2v) is 15.9. The van der Waals surface area contributed by atoms with Gasteiger partial charge >= 0.3 is 6.03 Å². The van der Waals surface area contributed by atoms with Gasteiger partial charge in [0.1, 0.15) is 5.75 Å². The Morgan fingerprint density at radius 2 is 1.81 bits per heavy atom. The van der Waals surface area contributed by atoms with Crippen molar-refractivity contribution in [3.05, 3.63) is 106 Å². The van der Waals surface area contributed by atoms with E-state index in [4.69, 9.17) is 9.47 Å². The van der Waals surface area contributed by atoms with E-state index in [1.807, 2.05) is 42.5 Å². The van der Waals surface area contributed by atoms with Crippen LogP contribution < -0.4 is 10.1 Å². The summed E-state index contributed by atoms with van der Waals surface area (Å²) < 4.78 is 11.7. The average Bonchev–Trinajstić information content (AvgIpc) is 3.68. The topological polar surface area (TPSA) is 108 Å². The number of carbonyl (C=O) groups excluding carboxylic acids is 2. The minimum absolute atomic E-state index is 0.0341. The lowest BCUT2D eigenvalue weighted by Gasteiger charge is -2.46. The highest BCUT2D eigenvalue weighted by atomic mass is 32.1. The smallest absolute Gasteiger partial charge is 0.321 e. The highest BCUT2D eigenvalue weighted by molar-refractivity contribution is 7.21. The first-order valence-corrected chi connectivity index (χ1v) is 19.3. The molecule has 7 rings (SSSR count). The summed E-state index contributed by atoms with van der Waals surface area (Å²) in [5.74, 6) is 0.516. The number of rotatable bonds is 10. The van der Waals surface area contributed by atoms with Gasteiger partial charge in [-0.2, -0.15) is 0 Å². The number of benzene rings is 3. The summed E-state index contributed by atoms with van der Waals surface area (Å²) in [6.45, 7) is 5.29. The number of aliphatic hydroxyl groups is 2. The third-order valence-corrected chi connectivity index (χ3v) is 12.5. The first kappa shape index (κ1) is 37.7. The molecular weight excluding hydrogens is 673 g/mol. The van der Waals surface area contributed by atoms with E-state index in [1.165, 1.54) is 16.9 Å². The van der Waals surface area contributed by atoms with Crippen LogP contribution in [0, 0.1) is 5.41 Å². The van der Waals surface area contributed by atoms with Gasteiger partial charge in [-0.05, 0) is 123 Å². The zero-order chi connectivity index (χ0) is 36.9. The van der Waals surface area contributed by atoms with Gasteiger partial charge < -0.3 is 29.9 Å². The molecule has 9 heteroatoms. The van der Waals surface area contributed by atoms with Crippen LogP contribution in [0.25, 0.3) is 10.1 Å². The predicted molar refractivity (Wildman–Crippen MR) is 209 cm³/mol. The maximum absolute atomic E-state index is 14.6. The Hall–Kier alpha value is -4.02. The van der Waals surface area contributed by atoms with E-state index in [-0.39, 0.29) is 24.3 Å². The van der Waals surface area contributed by atoms with Crippen molar-refractivity contribution in [1.29, 1.82) is 0 Å². The van der Waals surface area contributed by atoms with E-state index < -0.39 is 17.1 Å². The highest BCUT2D eigenvalue weighted by Crippen LogP contribution is 2.59. The molecule has 1 aromatic heterocycles. The fourth-order valence-corrected chi connectivity index (χ4v) is 9.28. The third kappa shape index (κ3) is 8.13. The molecule has 276 valence electrons. The highest BCUT2D eigenvalue weighted by Gasteiger charge is 2.57. The van der Waals surface area contributed by atoms with Gasteiger partial charge in [-0.25, -0.2) is 4.79 Å². The molecule has 2 bridgehead atoms. The number of fused-ring (bicyclic) bond motifs is 9. The Labute approximate surface area is 311 Å². The van der Waals surface area contributed by atoms with E-state index in [2.05, 4.69) is 31.3 Å². The van der Waals surface area contributed by atoms with Crippen LogP contribution in [0.3, 0.4) is 0 Å². The van der Waals surface area contributed by atoms with Crippen LogP contribution in [-0.2, 0) is 11.2 Å². The molecule has 3 aliphatic rings. The minimum Gasteiger partial charge on any atom is -0.497 e. The lowest BCUT2D eigenvalue weighted by molar-refractivity contribution is -0.0767. The second kappa shape index (κ2) is 16.3. The van der Waals surface area contributed by atoms with E-state index in [0.717, 1.165) is 34.1 Å². The molecule has 8 nitrogen and oxygen atoms in total. The van der Waals surface area contributed by atoms with Gasteiger partial charge in [0, 0.05) is 41.6 Å². The van der Waals surface area contributed by atoms with Gasteiger partial charge in [-0.1, -0.05) is 48.9 Å². The lowest BCUT2D eigenvalue weighted by Crippen LogP contribution is -2.54. The number of ketones is 1. The number of carbonyl (C=O) groups is 2. The number of allylic oxidation sites excluding steroid dienone is 2. The Kier molecular flexibility index (Phi) is 11.9. The van der Waals surface area contributed by atoms with E-state index >= 15 is 0 Å². The van der Waals surface area contributed by atoms with Crippen molar-refractivity contribution < 1.29 is 29.3 Å². The zero-order valence-electron chi connectivity index (χ0n) is 30.8. The fourth-order valence-electron chi connectivity index (χ4n) is 8.27. The Morgan fingerprint density at radius 3 is 2.56 bits per heavy atom. The number of hydrogen-bond donors (Lipinski definition) is 3. The number of hydrogen-bond acceptors (Lipinski definition) is 7. The molecule has 2 amide bonds. The third-order valence-electron chi connectivity index (χ3n) is 11.4. The molecule has 0 radical (unpaired) electrons. The van der Waals surface area contributed by atoms with Gasteiger partial charge in [0.15, 0.2) is 0 Å². The molecule has 4 atom stereocenters. The molecule has 3 N–H and O–H groups in total. The van der Waals surface area contributed by atoms with Crippen molar-refractivity contribution in [2.45, 2.75) is 82.8 Å². The number of nitrogens with one attached hydrogen (secondary N) is 1. The summed E-state index contributed by atoms with van der Waals surface area (Å²) in [5, 5.41) is 28.0. The quantitative estimate of drug-likeness (QED) is 0.0858. The van der Waals surface area contributed by atoms with Gasteiger partial charge in [0.05, 0.1) is 30.2 Å². The molecule has 0 spiro atoms. The Balaban J connectivity index is 1.39. The standard InChI is InChI=1S/C43H52N2O6S/c1-29-9-7-21-42(2)37(20-22-43(42,49)28-45(23-8-24-50-3)41(48)44-32-14-17-34(51-4)18-15-32)35-19-13-30(25-33(46)16-12-29)26-36(35)40(47)39-27-31-10-5-6-11-38(31)52-39/h5-6,9-11,13-15,17-19,26-27,33,37,46,49H,7-8,12,16,20-25,28H2,1-4H3,(H,44,48). The predicted octanol–water partition coefficient (Wildman–Crippen LogP) is 8.75. The van der Waals surface area contributed by atoms with Gasteiger partial charge in [-0.15, -0.1) is 11.3 Å². The van der Waals surface area contributed by atoms with E-state index in [1.54, 1.807) is 43.4 Å². The molecule has 52 heavy (non-hydrogen) atoms. The molecule has 1 fully saturated rings. The SMILES string of the molecule is COCCCN(CC1(O)CCC2c3ccc(cc3C(=O)c3cc4ccccc4s3)CC(O)CCC(C)=CCCC21C)C(=O)Nc1ccc(OC)cc1. The van der Waals surface area contributed by atoms with Crippen molar-refractivity contribution in [3.8, 4) is 5.75 Å². The number of anilines is 1. The van der Waals surface area contributed by atoms with Crippen LogP contribution in [0.1, 0.15) is 91.1 Å². The van der Waals surface area contributed by atoms with Crippen LogP contribution in [0.2, 0.25) is 0 Å². The average molecular weight is 725 g/mol. The van der Waals surface area contributed by atoms with Crippen LogP contribution in [0.15, 0.2) is 84.4 Å². The summed E-state index contributed by atoms with van der Waals surface area (Å²) in [6.07, 6.45) is 6.74. The number of urea groups is 1. The maximum Gasteiger partial charge on any atom is 0.321 e. The molecule has 1 heterocycles. The second-order valence-electron chi connectivity index (χ2n) is 14.9. The van der Waals surface area contributed by atoms with E-state index in [0.29, 0.717) is 73.6 Å². The summed E-state index contributed by atoms with van der Waals surface area (Å²) >= 11 is 1.50. The van der Waals surface area contributed by atoms with Gasteiger partial charge in [0.25, 0.3) is 0 Å². The molecule has 3 aromatic carbocycles. The van der Waals surface area contributed by atoms with Crippen LogP contribution in [-0.4, -0.2) is 72.5 Å². The first-order valence-electron chi connectivity index (χ1n) is 18.4. The van der Waals surface area contributed by atoms with Crippen molar-refractivity contribution in [1.82, 2.24) is 4.90 Å². The molecule has 1 saturated carbocycles. The first-order chi connectivity index (χ1) is 25.0. The van der Waals surface area contributed by atoms with Crippen LogP contribution >= 0.6 is 11.3 Å². The van der Waals surface area contributed by atoms with Crippen LogP contribution in [0.5, 0.6) is 5.75 Å². The number of methoxy groups -OCH3 is 2. The molecule has 0 saturated heterocycles. The minimum atomic E-state index is -1.24. The molecule has 0 aliphatic heterocycles. The number of ether oxygens (including phenoxy) is 2. The molecule has 4 aromatic rings. The van der Waals surface area contributed by atoms with Crippen LogP contribution in [0.4, 0.5) is 10.5 Å². The number of thiophene rings is 1. The summed E-state index contributed by atoms with van der Waals surface area (Å²) in [7, 11) is 3.25. The molecule has 4 unspecified atom stereocenters. The maximum atomic E-state index is 14.6. The number of amides is 2.